The molecule has 0 aliphatic heterocycles. The molecule has 0 spiro atoms. The first-order valence-electron chi connectivity index (χ1n) is 9.94. The summed E-state index contributed by atoms with van der Waals surface area (Å²) in [6.45, 7) is -0.292. The van der Waals surface area contributed by atoms with Crippen LogP contribution in [0.15, 0.2) is 59.5 Å². The van der Waals surface area contributed by atoms with Crippen molar-refractivity contribution in [2.24, 2.45) is 5.14 Å². The third kappa shape index (κ3) is 7.23. The van der Waals surface area contributed by atoms with Crippen molar-refractivity contribution in [3.05, 3.63) is 60.2 Å². The van der Waals surface area contributed by atoms with Crippen LogP contribution >= 0.6 is 0 Å². The van der Waals surface area contributed by atoms with Gasteiger partial charge in [0, 0.05) is 23.5 Å². The molecule has 8 nitrogen and oxygen atoms in total. The monoisotopic (exact) mass is 443 g/mol. The minimum absolute atomic E-state index is 0.0208. The summed E-state index contributed by atoms with van der Waals surface area (Å²) in [5.74, 6) is -0.876. The van der Waals surface area contributed by atoms with Gasteiger partial charge in [-0.05, 0) is 54.8 Å². The summed E-state index contributed by atoms with van der Waals surface area (Å²) in [7, 11) is -3.77. The van der Waals surface area contributed by atoms with Crippen LogP contribution in [0.5, 0.6) is 0 Å². The third-order valence-electron chi connectivity index (χ3n) is 4.84. The topological polar surface area (TPSA) is 128 Å². The van der Waals surface area contributed by atoms with Gasteiger partial charge in [-0.3, -0.25) is 4.79 Å². The first kappa shape index (κ1) is 22.5. The molecule has 0 aromatic heterocycles. The molecule has 1 amide bonds. The van der Waals surface area contributed by atoms with Gasteiger partial charge < -0.3 is 15.4 Å². The van der Waals surface area contributed by atoms with Gasteiger partial charge in [0.1, 0.15) is 0 Å². The number of amides is 1. The van der Waals surface area contributed by atoms with E-state index in [4.69, 9.17) is 9.88 Å². The molecule has 1 aliphatic rings. The lowest BCUT2D eigenvalue weighted by Gasteiger charge is -2.11. The van der Waals surface area contributed by atoms with E-state index in [1.54, 1.807) is 42.5 Å². The van der Waals surface area contributed by atoms with Crippen molar-refractivity contribution in [3.63, 3.8) is 0 Å². The quantitative estimate of drug-likeness (QED) is 0.425. The minimum Gasteiger partial charge on any atom is -0.452 e. The van der Waals surface area contributed by atoms with Crippen LogP contribution in [-0.2, 0) is 24.3 Å². The van der Waals surface area contributed by atoms with Crippen LogP contribution in [0.25, 0.3) is 6.08 Å². The molecule has 2 aromatic rings. The maximum absolute atomic E-state index is 11.8. The SMILES string of the molecule is NS(=O)(=O)c1cccc(Nc2ccc(C=CC(=O)OCC(=O)NC3CCCC3)cc2)c1. The Morgan fingerprint density at radius 1 is 1.06 bits per heavy atom. The van der Waals surface area contributed by atoms with Gasteiger partial charge in [0.15, 0.2) is 6.61 Å². The van der Waals surface area contributed by atoms with Gasteiger partial charge in [0.2, 0.25) is 10.0 Å². The number of anilines is 2. The van der Waals surface area contributed by atoms with E-state index in [-0.39, 0.29) is 23.5 Å². The van der Waals surface area contributed by atoms with Crippen LogP contribution in [0.1, 0.15) is 31.2 Å². The summed E-state index contributed by atoms with van der Waals surface area (Å²) in [6, 6.07) is 13.5. The Morgan fingerprint density at radius 2 is 1.77 bits per heavy atom. The number of nitrogens with one attached hydrogen (secondary N) is 2. The number of hydrogen-bond donors (Lipinski definition) is 3. The van der Waals surface area contributed by atoms with Gasteiger partial charge in [0.05, 0.1) is 4.90 Å². The van der Waals surface area contributed by atoms with E-state index in [1.807, 2.05) is 0 Å². The number of rotatable bonds is 8. The highest BCUT2D eigenvalue weighted by Gasteiger charge is 2.17. The van der Waals surface area contributed by atoms with Crippen LogP contribution in [0.4, 0.5) is 11.4 Å². The average Bonchev–Trinajstić information content (AvgIpc) is 3.24. The van der Waals surface area contributed by atoms with Crippen LogP contribution in [-0.4, -0.2) is 32.9 Å². The van der Waals surface area contributed by atoms with Gasteiger partial charge in [-0.15, -0.1) is 0 Å². The lowest BCUT2D eigenvalue weighted by atomic mass is 10.2. The lowest BCUT2D eigenvalue weighted by Crippen LogP contribution is -2.35. The van der Waals surface area contributed by atoms with E-state index in [0.29, 0.717) is 5.69 Å². The first-order valence-corrected chi connectivity index (χ1v) is 11.5. The van der Waals surface area contributed by atoms with Crippen LogP contribution in [0.3, 0.4) is 0 Å². The number of sulfonamides is 1. The molecule has 0 unspecified atom stereocenters. The number of ether oxygens (including phenoxy) is 1. The number of carbonyl (C=O) groups excluding carboxylic acids is 2. The smallest absolute Gasteiger partial charge is 0.331 e. The molecule has 0 bridgehead atoms. The fraction of sp³-hybridized carbons (Fsp3) is 0.273. The van der Waals surface area contributed by atoms with E-state index >= 15 is 0 Å². The zero-order valence-corrected chi connectivity index (χ0v) is 17.7. The standard InChI is InChI=1S/C22H25N3O5S/c23-31(28,29)20-7-3-6-19(14-20)24-18-11-8-16(9-12-18)10-13-22(27)30-15-21(26)25-17-4-1-2-5-17/h3,6-14,17,24H,1-2,4-5,15H2,(H,25,26)(H2,23,28,29). The first-order chi connectivity index (χ1) is 14.8. The van der Waals surface area contributed by atoms with E-state index in [0.717, 1.165) is 36.9 Å². The highest BCUT2D eigenvalue weighted by Crippen LogP contribution is 2.20. The molecule has 4 N–H and O–H groups in total. The molecule has 31 heavy (non-hydrogen) atoms. The molecule has 0 radical (unpaired) electrons. The summed E-state index contributed by atoms with van der Waals surface area (Å²) in [4.78, 5) is 23.6. The summed E-state index contributed by atoms with van der Waals surface area (Å²) >= 11 is 0. The van der Waals surface area contributed by atoms with Crippen molar-refractivity contribution in [2.45, 2.75) is 36.6 Å². The molecule has 164 valence electrons. The molecule has 9 heteroatoms. The van der Waals surface area contributed by atoms with E-state index in [9.17, 15) is 18.0 Å². The van der Waals surface area contributed by atoms with Crippen LogP contribution < -0.4 is 15.8 Å². The second-order valence-corrected chi connectivity index (χ2v) is 8.87. The van der Waals surface area contributed by atoms with E-state index in [1.165, 1.54) is 18.2 Å². The van der Waals surface area contributed by atoms with E-state index in [2.05, 4.69) is 10.6 Å². The number of benzene rings is 2. The van der Waals surface area contributed by atoms with Gasteiger partial charge in [0.25, 0.3) is 5.91 Å². The average molecular weight is 444 g/mol. The fourth-order valence-corrected chi connectivity index (χ4v) is 3.84. The number of primary sulfonamides is 1. The van der Waals surface area contributed by atoms with Gasteiger partial charge in [-0.2, -0.15) is 0 Å². The Labute approximate surface area is 181 Å². The molecule has 0 heterocycles. The largest absolute Gasteiger partial charge is 0.452 e. The Bertz CT molecular complexity index is 1060. The normalized spacial score (nSPS) is 14.5. The predicted molar refractivity (Wildman–Crippen MR) is 118 cm³/mol. The molecule has 0 saturated heterocycles. The van der Waals surface area contributed by atoms with Gasteiger partial charge in [-0.1, -0.05) is 31.0 Å². The number of carbonyl (C=O) groups is 2. The summed E-state index contributed by atoms with van der Waals surface area (Å²) < 4.78 is 27.9. The minimum atomic E-state index is -3.77. The Kier molecular flexibility index (Phi) is 7.43. The van der Waals surface area contributed by atoms with Crippen LogP contribution in [0.2, 0.25) is 0 Å². The molecular weight excluding hydrogens is 418 g/mol. The van der Waals surface area contributed by atoms with E-state index < -0.39 is 16.0 Å². The molecule has 1 saturated carbocycles. The second-order valence-electron chi connectivity index (χ2n) is 7.31. The van der Waals surface area contributed by atoms with Crippen molar-refractivity contribution in [2.75, 3.05) is 11.9 Å². The van der Waals surface area contributed by atoms with Crippen molar-refractivity contribution in [1.82, 2.24) is 5.32 Å². The molecule has 2 aromatic carbocycles. The molecule has 1 fully saturated rings. The van der Waals surface area contributed by atoms with Crippen molar-refractivity contribution < 1.29 is 22.7 Å². The number of nitrogens with two attached hydrogens (primary N) is 1. The van der Waals surface area contributed by atoms with Crippen molar-refractivity contribution in [1.29, 1.82) is 0 Å². The Hall–Kier alpha value is -3.17. The van der Waals surface area contributed by atoms with Crippen LogP contribution in [0, 0.1) is 0 Å². The predicted octanol–water partition coefficient (Wildman–Crippen LogP) is 2.69. The maximum atomic E-state index is 11.8. The highest BCUT2D eigenvalue weighted by molar-refractivity contribution is 7.89. The zero-order valence-electron chi connectivity index (χ0n) is 16.9. The van der Waals surface area contributed by atoms with Gasteiger partial charge >= 0.3 is 5.97 Å². The summed E-state index contributed by atoms with van der Waals surface area (Å²) in [5, 5.41) is 11.1. The second kappa shape index (κ2) is 10.2. The molecular formula is C22H25N3O5S. The summed E-state index contributed by atoms with van der Waals surface area (Å²) in [5.41, 5.74) is 2.07. The van der Waals surface area contributed by atoms with Gasteiger partial charge in [-0.25, -0.2) is 18.4 Å². The Balaban J connectivity index is 1.49. The third-order valence-corrected chi connectivity index (χ3v) is 5.75. The lowest BCUT2D eigenvalue weighted by molar-refractivity contribution is -0.144. The fourth-order valence-electron chi connectivity index (χ4n) is 3.28. The highest BCUT2D eigenvalue weighted by atomic mass is 32.2. The van der Waals surface area contributed by atoms with Crippen molar-refractivity contribution in [3.8, 4) is 0 Å². The molecule has 3 rings (SSSR count). The summed E-state index contributed by atoms with van der Waals surface area (Å²) in [6.07, 6.45) is 7.03. The Morgan fingerprint density at radius 3 is 2.45 bits per heavy atom. The zero-order chi connectivity index (χ0) is 22.3. The maximum Gasteiger partial charge on any atom is 0.331 e. The molecule has 1 aliphatic carbocycles. The van der Waals surface area contributed by atoms with Crippen molar-refractivity contribution >= 4 is 39.4 Å². The number of hydrogen-bond acceptors (Lipinski definition) is 6. The number of esters is 1. The molecule has 0 atom stereocenters.